The van der Waals surface area contributed by atoms with Crippen LogP contribution in [0.5, 0.6) is 0 Å². The normalized spacial score (nSPS) is 15.8. The summed E-state index contributed by atoms with van der Waals surface area (Å²) >= 11 is 0. The number of rotatable bonds is 6. The molecule has 7 nitrogen and oxygen atoms in total. The Morgan fingerprint density at radius 3 is 2.38 bits per heavy atom. The van der Waals surface area contributed by atoms with Crippen molar-refractivity contribution < 1.29 is 9.59 Å². The van der Waals surface area contributed by atoms with Crippen LogP contribution >= 0.6 is 0 Å². The standard InChI is InChI=1S/C27H27N5O2/c33-25(28-18-21-10-3-1-4-11-21)22-12-9-17-31(20-22)27(34)24-19-29-32(23-13-5-2-6-14-23)26(24)30-15-7-8-16-30/h1-8,10-11,13-16,19,22H,9,12,17-18,20H2,(H,28,33)/t22-/m0/s1. The predicted octanol–water partition coefficient (Wildman–Crippen LogP) is 3.83. The van der Waals surface area contributed by atoms with Crippen LogP contribution in [0.2, 0.25) is 0 Å². The summed E-state index contributed by atoms with van der Waals surface area (Å²) in [5.74, 6) is 0.357. The molecule has 3 heterocycles. The number of piperidine rings is 1. The summed E-state index contributed by atoms with van der Waals surface area (Å²) in [5.41, 5.74) is 2.46. The van der Waals surface area contributed by atoms with Crippen molar-refractivity contribution in [2.75, 3.05) is 13.1 Å². The van der Waals surface area contributed by atoms with Crippen molar-refractivity contribution in [2.45, 2.75) is 19.4 Å². The van der Waals surface area contributed by atoms with Gasteiger partial charge in [-0.15, -0.1) is 0 Å². The van der Waals surface area contributed by atoms with Crippen LogP contribution < -0.4 is 5.32 Å². The molecule has 4 aromatic rings. The molecule has 0 bridgehead atoms. The average molecular weight is 454 g/mol. The molecular weight excluding hydrogens is 426 g/mol. The van der Waals surface area contributed by atoms with Crippen molar-refractivity contribution in [1.29, 1.82) is 0 Å². The largest absolute Gasteiger partial charge is 0.352 e. The summed E-state index contributed by atoms with van der Waals surface area (Å²) in [4.78, 5) is 28.3. The zero-order chi connectivity index (χ0) is 23.3. The Morgan fingerprint density at radius 2 is 1.65 bits per heavy atom. The number of para-hydroxylation sites is 1. The van der Waals surface area contributed by atoms with Crippen LogP contribution in [-0.4, -0.2) is 44.2 Å². The highest BCUT2D eigenvalue weighted by atomic mass is 16.2. The molecule has 34 heavy (non-hydrogen) atoms. The molecule has 5 rings (SSSR count). The number of carbonyl (C=O) groups excluding carboxylic acids is 2. The first-order valence-electron chi connectivity index (χ1n) is 11.6. The van der Waals surface area contributed by atoms with E-state index in [1.54, 1.807) is 15.8 Å². The van der Waals surface area contributed by atoms with E-state index in [1.807, 2.05) is 89.8 Å². The Kier molecular flexibility index (Phi) is 6.25. The van der Waals surface area contributed by atoms with E-state index in [1.165, 1.54) is 0 Å². The zero-order valence-electron chi connectivity index (χ0n) is 18.9. The van der Waals surface area contributed by atoms with Gasteiger partial charge in [-0.05, 0) is 42.7 Å². The number of nitrogens with one attached hydrogen (secondary N) is 1. The van der Waals surface area contributed by atoms with Crippen molar-refractivity contribution >= 4 is 11.8 Å². The second-order valence-corrected chi connectivity index (χ2v) is 8.51. The van der Waals surface area contributed by atoms with Gasteiger partial charge in [0, 0.05) is 32.0 Å². The first-order chi connectivity index (χ1) is 16.7. The van der Waals surface area contributed by atoms with E-state index in [2.05, 4.69) is 10.4 Å². The van der Waals surface area contributed by atoms with Crippen molar-refractivity contribution in [1.82, 2.24) is 24.6 Å². The van der Waals surface area contributed by atoms with Gasteiger partial charge in [-0.3, -0.25) is 9.59 Å². The fourth-order valence-corrected chi connectivity index (χ4v) is 4.45. The zero-order valence-corrected chi connectivity index (χ0v) is 18.9. The fraction of sp³-hybridized carbons (Fsp3) is 0.222. The lowest BCUT2D eigenvalue weighted by Crippen LogP contribution is -2.45. The number of nitrogens with zero attached hydrogens (tertiary/aromatic N) is 4. The summed E-state index contributed by atoms with van der Waals surface area (Å²) in [6.45, 7) is 1.52. The Balaban J connectivity index is 1.35. The topological polar surface area (TPSA) is 72.2 Å². The van der Waals surface area contributed by atoms with Crippen LogP contribution in [0.4, 0.5) is 0 Å². The van der Waals surface area contributed by atoms with E-state index >= 15 is 0 Å². The lowest BCUT2D eigenvalue weighted by molar-refractivity contribution is -0.126. The predicted molar refractivity (Wildman–Crippen MR) is 130 cm³/mol. The second kappa shape index (κ2) is 9.79. The van der Waals surface area contributed by atoms with Crippen molar-refractivity contribution in [2.24, 2.45) is 5.92 Å². The molecule has 0 unspecified atom stereocenters. The molecule has 1 atom stereocenters. The number of likely N-dealkylation sites (tertiary alicyclic amines) is 1. The van der Waals surface area contributed by atoms with Crippen LogP contribution in [0.3, 0.4) is 0 Å². The summed E-state index contributed by atoms with van der Waals surface area (Å²) < 4.78 is 3.68. The number of amides is 2. The summed E-state index contributed by atoms with van der Waals surface area (Å²) in [7, 11) is 0. The minimum atomic E-state index is -0.222. The third kappa shape index (κ3) is 4.50. The van der Waals surface area contributed by atoms with Gasteiger partial charge < -0.3 is 14.8 Å². The van der Waals surface area contributed by atoms with E-state index < -0.39 is 0 Å². The number of hydrogen-bond acceptors (Lipinski definition) is 3. The lowest BCUT2D eigenvalue weighted by atomic mass is 9.96. The monoisotopic (exact) mass is 453 g/mol. The maximum atomic E-state index is 13.6. The maximum absolute atomic E-state index is 13.6. The van der Waals surface area contributed by atoms with E-state index in [0.29, 0.717) is 31.0 Å². The van der Waals surface area contributed by atoms with Crippen LogP contribution in [0.1, 0.15) is 28.8 Å². The molecule has 1 N–H and O–H groups in total. The van der Waals surface area contributed by atoms with Gasteiger partial charge in [0.05, 0.1) is 17.8 Å². The summed E-state index contributed by atoms with van der Waals surface area (Å²) in [6, 6.07) is 23.5. The molecule has 1 aliphatic rings. The molecule has 2 aromatic carbocycles. The average Bonchev–Trinajstić information content (AvgIpc) is 3.58. The Bertz CT molecular complexity index is 1250. The first kappa shape index (κ1) is 21.7. The van der Waals surface area contributed by atoms with Crippen LogP contribution in [0.15, 0.2) is 91.4 Å². The lowest BCUT2D eigenvalue weighted by Gasteiger charge is -2.32. The smallest absolute Gasteiger partial charge is 0.259 e. The number of aromatic nitrogens is 3. The quantitative estimate of drug-likeness (QED) is 0.482. The molecular formula is C27H27N5O2. The number of carbonyl (C=O) groups is 2. The van der Waals surface area contributed by atoms with Crippen molar-refractivity contribution in [3.8, 4) is 11.5 Å². The molecule has 0 spiro atoms. The highest BCUT2D eigenvalue weighted by Crippen LogP contribution is 2.24. The Hall–Kier alpha value is -4.13. The fourth-order valence-electron chi connectivity index (χ4n) is 4.45. The van der Waals surface area contributed by atoms with E-state index in [9.17, 15) is 9.59 Å². The SMILES string of the molecule is O=C(NCc1ccccc1)[C@H]1CCCN(C(=O)c2cnn(-c3ccccc3)c2-n2cccc2)C1. The molecule has 0 saturated carbocycles. The third-order valence-electron chi connectivity index (χ3n) is 6.21. The van der Waals surface area contributed by atoms with Crippen LogP contribution in [0, 0.1) is 5.92 Å². The molecule has 2 aromatic heterocycles. The molecule has 1 fully saturated rings. The molecule has 1 saturated heterocycles. The second-order valence-electron chi connectivity index (χ2n) is 8.51. The van der Waals surface area contributed by atoms with Gasteiger partial charge in [0.1, 0.15) is 5.56 Å². The van der Waals surface area contributed by atoms with Crippen molar-refractivity contribution in [3.05, 3.63) is 103 Å². The molecule has 2 amide bonds. The van der Waals surface area contributed by atoms with Crippen LogP contribution in [0.25, 0.3) is 11.5 Å². The summed E-state index contributed by atoms with van der Waals surface area (Å²) in [6.07, 6.45) is 7.01. The summed E-state index contributed by atoms with van der Waals surface area (Å²) in [5, 5.41) is 7.57. The van der Waals surface area contributed by atoms with E-state index in [0.717, 1.165) is 24.1 Å². The Labute approximate surface area is 198 Å². The first-order valence-corrected chi connectivity index (χ1v) is 11.6. The highest BCUT2D eigenvalue weighted by molar-refractivity contribution is 5.97. The van der Waals surface area contributed by atoms with Gasteiger partial charge in [-0.1, -0.05) is 48.5 Å². The van der Waals surface area contributed by atoms with Gasteiger partial charge >= 0.3 is 0 Å². The molecule has 0 radical (unpaired) electrons. The van der Waals surface area contributed by atoms with Gasteiger partial charge in [0.2, 0.25) is 5.91 Å². The van der Waals surface area contributed by atoms with Gasteiger partial charge in [-0.25, -0.2) is 4.68 Å². The van der Waals surface area contributed by atoms with Crippen LogP contribution in [-0.2, 0) is 11.3 Å². The molecule has 0 aliphatic carbocycles. The number of hydrogen-bond donors (Lipinski definition) is 1. The Morgan fingerprint density at radius 1 is 0.941 bits per heavy atom. The van der Waals surface area contributed by atoms with Gasteiger partial charge in [-0.2, -0.15) is 5.10 Å². The van der Waals surface area contributed by atoms with E-state index in [4.69, 9.17) is 0 Å². The molecule has 7 heteroatoms. The van der Waals surface area contributed by atoms with Crippen molar-refractivity contribution in [3.63, 3.8) is 0 Å². The highest BCUT2D eigenvalue weighted by Gasteiger charge is 2.31. The van der Waals surface area contributed by atoms with Gasteiger partial charge in [0.25, 0.3) is 5.91 Å². The number of benzene rings is 2. The third-order valence-corrected chi connectivity index (χ3v) is 6.21. The minimum absolute atomic E-state index is 0.00744. The molecule has 1 aliphatic heterocycles. The minimum Gasteiger partial charge on any atom is -0.352 e. The maximum Gasteiger partial charge on any atom is 0.259 e. The molecule has 172 valence electrons. The van der Waals surface area contributed by atoms with Gasteiger partial charge in [0.15, 0.2) is 5.82 Å². The van der Waals surface area contributed by atoms with E-state index in [-0.39, 0.29) is 17.7 Å².